The maximum Gasteiger partial charge on any atom is 0.323 e. The van der Waals surface area contributed by atoms with E-state index in [1.807, 2.05) is 24.3 Å². The third-order valence-corrected chi connectivity index (χ3v) is 2.44. The Hall–Kier alpha value is -1.62. The zero-order valence-corrected chi connectivity index (χ0v) is 9.18. The molecule has 0 radical (unpaired) electrons. The number of para-hydroxylation sites is 2. The van der Waals surface area contributed by atoms with Gasteiger partial charge in [-0.3, -0.25) is 0 Å². The number of nitrogens with zero attached hydrogens (tertiary/aromatic N) is 3. The lowest BCUT2D eigenvalue weighted by Gasteiger charge is -1.89. The lowest BCUT2D eigenvalue weighted by Crippen LogP contribution is -1.93. The van der Waals surface area contributed by atoms with Gasteiger partial charge in [-0.25, -0.2) is 0 Å². The molecule has 74 valence electrons. The van der Waals surface area contributed by atoms with Crippen LogP contribution >= 0.6 is 15.9 Å². The fourth-order valence-corrected chi connectivity index (χ4v) is 1.65. The highest BCUT2D eigenvalue weighted by atomic mass is 79.9. The highest BCUT2D eigenvalue weighted by Crippen LogP contribution is 2.18. The van der Waals surface area contributed by atoms with Gasteiger partial charge in [0.15, 0.2) is 5.58 Å². The Morgan fingerprint density at radius 1 is 1.27 bits per heavy atom. The number of oxazole rings is 1. The number of fused-ring (bicyclic) bond motifs is 1. The van der Waals surface area contributed by atoms with Gasteiger partial charge in [-0.2, -0.15) is 14.8 Å². The molecule has 0 N–H and O–H groups in total. The van der Waals surface area contributed by atoms with Gasteiger partial charge in [0.1, 0.15) is 5.52 Å². The van der Waals surface area contributed by atoms with Crippen LogP contribution in [-0.2, 0) is 0 Å². The van der Waals surface area contributed by atoms with Crippen LogP contribution in [0.2, 0.25) is 0 Å². The number of aromatic nitrogens is 3. The van der Waals surface area contributed by atoms with Crippen LogP contribution < -0.4 is 0 Å². The van der Waals surface area contributed by atoms with E-state index in [1.165, 1.54) is 0 Å². The summed E-state index contributed by atoms with van der Waals surface area (Å²) in [7, 11) is 0. The maximum absolute atomic E-state index is 5.54. The summed E-state index contributed by atoms with van der Waals surface area (Å²) < 4.78 is 8.02. The van der Waals surface area contributed by atoms with E-state index in [0.29, 0.717) is 6.01 Å². The van der Waals surface area contributed by atoms with E-state index < -0.39 is 0 Å². The molecule has 0 amide bonds. The lowest BCUT2D eigenvalue weighted by atomic mass is 10.3. The fraction of sp³-hybridized carbons (Fsp3) is 0. The van der Waals surface area contributed by atoms with Crippen molar-refractivity contribution in [3.63, 3.8) is 0 Å². The highest BCUT2D eigenvalue weighted by molar-refractivity contribution is 9.10. The van der Waals surface area contributed by atoms with Crippen LogP contribution in [0.5, 0.6) is 0 Å². The van der Waals surface area contributed by atoms with Crippen molar-refractivity contribution in [2.24, 2.45) is 0 Å². The summed E-state index contributed by atoms with van der Waals surface area (Å²) in [4.78, 5) is 4.31. The van der Waals surface area contributed by atoms with Gasteiger partial charge in [0.05, 0.1) is 10.7 Å². The molecule has 0 atom stereocenters. The first-order valence-electron chi connectivity index (χ1n) is 4.39. The molecule has 0 spiro atoms. The van der Waals surface area contributed by atoms with Gasteiger partial charge < -0.3 is 4.42 Å². The molecule has 0 saturated heterocycles. The zero-order valence-electron chi connectivity index (χ0n) is 7.59. The lowest BCUT2D eigenvalue weighted by molar-refractivity contribution is 0.543. The summed E-state index contributed by atoms with van der Waals surface area (Å²) in [6.45, 7) is 0. The summed E-state index contributed by atoms with van der Waals surface area (Å²) in [5.74, 6) is 0. The largest absolute Gasteiger partial charge is 0.422 e. The van der Waals surface area contributed by atoms with E-state index in [-0.39, 0.29) is 0 Å². The molecule has 5 heteroatoms. The first-order valence-corrected chi connectivity index (χ1v) is 5.18. The Balaban J connectivity index is 2.19. The second-order valence-corrected chi connectivity index (χ2v) is 3.98. The smallest absolute Gasteiger partial charge is 0.323 e. The average molecular weight is 264 g/mol. The molecule has 2 aromatic heterocycles. The van der Waals surface area contributed by atoms with Gasteiger partial charge in [0, 0.05) is 6.20 Å². The average Bonchev–Trinajstić information content (AvgIpc) is 2.82. The van der Waals surface area contributed by atoms with Crippen LogP contribution in [0.4, 0.5) is 0 Å². The second-order valence-electron chi connectivity index (χ2n) is 3.07. The molecule has 0 bridgehead atoms. The third-order valence-electron chi connectivity index (χ3n) is 2.03. The van der Waals surface area contributed by atoms with Gasteiger partial charge in [-0.15, -0.1) is 0 Å². The molecule has 3 rings (SSSR count). The van der Waals surface area contributed by atoms with Crippen molar-refractivity contribution in [1.29, 1.82) is 0 Å². The number of halogens is 1. The number of rotatable bonds is 1. The van der Waals surface area contributed by atoms with Crippen molar-refractivity contribution in [2.75, 3.05) is 0 Å². The third kappa shape index (κ3) is 1.45. The molecular formula is C10H6BrN3O. The fourth-order valence-electron chi connectivity index (χ4n) is 1.36. The van der Waals surface area contributed by atoms with Crippen molar-refractivity contribution >= 4 is 27.0 Å². The van der Waals surface area contributed by atoms with Crippen molar-refractivity contribution in [1.82, 2.24) is 14.8 Å². The predicted molar refractivity (Wildman–Crippen MR) is 58.8 cm³/mol. The molecular weight excluding hydrogens is 258 g/mol. The SMILES string of the molecule is Brc1cnn(-c2nc3ccccc3o2)c1. The van der Waals surface area contributed by atoms with Crippen molar-refractivity contribution in [2.45, 2.75) is 0 Å². The summed E-state index contributed by atoms with van der Waals surface area (Å²) in [5, 5.41) is 4.09. The van der Waals surface area contributed by atoms with Crippen LogP contribution in [0.1, 0.15) is 0 Å². The van der Waals surface area contributed by atoms with Gasteiger partial charge in [0.25, 0.3) is 0 Å². The molecule has 0 aliphatic carbocycles. The normalized spacial score (nSPS) is 11.0. The summed E-state index contributed by atoms with van der Waals surface area (Å²) in [5.41, 5.74) is 1.60. The molecule has 4 nitrogen and oxygen atoms in total. The molecule has 3 aromatic rings. The topological polar surface area (TPSA) is 43.9 Å². The summed E-state index contributed by atoms with van der Waals surface area (Å²) in [6.07, 6.45) is 3.49. The summed E-state index contributed by atoms with van der Waals surface area (Å²) in [6, 6.07) is 8.09. The van der Waals surface area contributed by atoms with E-state index in [9.17, 15) is 0 Å². The first kappa shape index (κ1) is 8.67. The van der Waals surface area contributed by atoms with E-state index in [2.05, 4.69) is 26.0 Å². The number of benzene rings is 1. The van der Waals surface area contributed by atoms with E-state index in [4.69, 9.17) is 4.42 Å². The van der Waals surface area contributed by atoms with Gasteiger partial charge in [0.2, 0.25) is 0 Å². The molecule has 0 unspecified atom stereocenters. The highest BCUT2D eigenvalue weighted by Gasteiger charge is 2.07. The molecule has 0 fully saturated rings. The van der Waals surface area contributed by atoms with Gasteiger partial charge in [-0.1, -0.05) is 12.1 Å². The van der Waals surface area contributed by atoms with Gasteiger partial charge in [-0.05, 0) is 28.1 Å². The Bertz CT molecular complexity index is 581. The van der Waals surface area contributed by atoms with Crippen LogP contribution in [0, 0.1) is 0 Å². The van der Waals surface area contributed by atoms with E-state index >= 15 is 0 Å². The molecule has 0 aliphatic heterocycles. The maximum atomic E-state index is 5.54. The Kier molecular flexibility index (Phi) is 1.85. The minimum Gasteiger partial charge on any atom is -0.422 e. The molecule has 2 heterocycles. The standard InChI is InChI=1S/C10H6BrN3O/c11-7-5-12-14(6-7)10-13-8-3-1-2-4-9(8)15-10/h1-6H. The molecule has 15 heavy (non-hydrogen) atoms. The van der Waals surface area contributed by atoms with Crippen LogP contribution in [0.3, 0.4) is 0 Å². The summed E-state index contributed by atoms with van der Waals surface area (Å²) >= 11 is 3.32. The predicted octanol–water partition coefficient (Wildman–Crippen LogP) is 2.78. The second kappa shape index (κ2) is 3.20. The number of hydrogen-bond acceptors (Lipinski definition) is 3. The van der Waals surface area contributed by atoms with E-state index in [1.54, 1.807) is 17.1 Å². The Morgan fingerprint density at radius 2 is 2.13 bits per heavy atom. The monoisotopic (exact) mass is 263 g/mol. The van der Waals surface area contributed by atoms with Crippen molar-refractivity contribution in [3.8, 4) is 6.01 Å². The first-order chi connectivity index (χ1) is 7.33. The van der Waals surface area contributed by atoms with E-state index in [0.717, 1.165) is 15.6 Å². The molecule has 0 saturated carbocycles. The van der Waals surface area contributed by atoms with Crippen molar-refractivity contribution < 1.29 is 4.42 Å². The Morgan fingerprint density at radius 3 is 2.87 bits per heavy atom. The minimum atomic E-state index is 0.474. The molecule has 1 aromatic carbocycles. The van der Waals surface area contributed by atoms with Crippen LogP contribution in [-0.4, -0.2) is 14.8 Å². The Labute approximate surface area is 93.7 Å². The van der Waals surface area contributed by atoms with Crippen molar-refractivity contribution in [3.05, 3.63) is 41.1 Å². The minimum absolute atomic E-state index is 0.474. The molecule has 0 aliphatic rings. The van der Waals surface area contributed by atoms with Crippen LogP contribution in [0.25, 0.3) is 17.1 Å². The number of hydrogen-bond donors (Lipinski definition) is 0. The van der Waals surface area contributed by atoms with Gasteiger partial charge >= 0.3 is 6.01 Å². The zero-order chi connectivity index (χ0) is 10.3. The quantitative estimate of drug-likeness (QED) is 0.678. The van der Waals surface area contributed by atoms with Crippen LogP contribution in [0.15, 0.2) is 45.5 Å².